The topological polar surface area (TPSA) is 79.4 Å². The van der Waals surface area contributed by atoms with E-state index in [0.717, 1.165) is 38.9 Å². The van der Waals surface area contributed by atoms with E-state index in [4.69, 9.17) is 9.47 Å². The number of carbonyl (C=O) groups excluding carboxylic acids is 1. The molecule has 1 atom stereocenters. The number of sulfonamides is 1. The predicted molar refractivity (Wildman–Crippen MR) is 157 cm³/mol. The summed E-state index contributed by atoms with van der Waals surface area (Å²) in [5, 5.41) is 0. The van der Waals surface area contributed by atoms with Crippen molar-refractivity contribution in [3.05, 3.63) is 57.6 Å². The highest BCUT2D eigenvalue weighted by molar-refractivity contribution is 7.89. The molecule has 2 saturated heterocycles. The van der Waals surface area contributed by atoms with Crippen molar-refractivity contribution < 1.29 is 22.7 Å². The fourth-order valence-electron chi connectivity index (χ4n) is 6.22. The van der Waals surface area contributed by atoms with Gasteiger partial charge in [-0.3, -0.25) is 9.69 Å². The molecule has 2 aliphatic heterocycles. The Hall–Kier alpha value is -2.46. The number of methoxy groups -OCH3 is 1. The van der Waals surface area contributed by atoms with Crippen LogP contribution in [0.1, 0.15) is 52.6 Å². The Kier molecular flexibility index (Phi) is 9.93. The number of carbonyl (C=O) groups is 1. The number of aryl methyl sites for hydroxylation is 5. The number of hydrogen-bond acceptors (Lipinski definition) is 6. The summed E-state index contributed by atoms with van der Waals surface area (Å²) in [5.41, 5.74) is 6.64. The zero-order valence-electron chi connectivity index (χ0n) is 25.0. The smallest absolute Gasteiger partial charge is 0.248 e. The molecule has 220 valence electrons. The van der Waals surface area contributed by atoms with E-state index in [9.17, 15) is 13.2 Å². The zero-order valence-corrected chi connectivity index (χ0v) is 25.8. The Balaban J connectivity index is 1.30. The summed E-state index contributed by atoms with van der Waals surface area (Å²) >= 11 is 0. The van der Waals surface area contributed by atoms with E-state index in [1.54, 1.807) is 37.4 Å². The number of hydrogen-bond donors (Lipinski definition) is 0. The first kappa shape index (κ1) is 30.5. The van der Waals surface area contributed by atoms with E-state index in [1.165, 1.54) is 22.3 Å². The first-order valence-electron chi connectivity index (χ1n) is 14.3. The van der Waals surface area contributed by atoms with Gasteiger partial charge in [0.05, 0.1) is 18.6 Å². The molecule has 0 aromatic heterocycles. The van der Waals surface area contributed by atoms with Crippen molar-refractivity contribution in [2.24, 2.45) is 0 Å². The third-order valence-corrected chi connectivity index (χ3v) is 10.6. The second-order valence-electron chi connectivity index (χ2n) is 11.4. The molecule has 4 rings (SSSR count). The number of benzene rings is 2. The van der Waals surface area contributed by atoms with Gasteiger partial charge in [0.15, 0.2) is 0 Å². The molecule has 8 nitrogen and oxygen atoms in total. The third kappa shape index (κ3) is 6.87. The molecule has 0 bridgehead atoms. The monoisotopic (exact) mass is 571 g/mol. The number of piperidine rings is 1. The van der Waals surface area contributed by atoms with Gasteiger partial charge >= 0.3 is 0 Å². The summed E-state index contributed by atoms with van der Waals surface area (Å²) in [6, 6.07) is 7.70. The molecule has 0 saturated carbocycles. The van der Waals surface area contributed by atoms with Crippen molar-refractivity contribution in [2.75, 3.05) is 53.0 Å². The minimum absolute atomic E-state index is 0.0266. The van der Waals surface area contributed by atoms with E-state index in [2.05, 4.69) is 37.8 Å². The maximum absolute atomic E-state index is 13.8. The average molecular weight is 572 g/mol. The van der Waals surface area contributed by atoms with Gasteiger partial charge in [-0.05, 0) is 87.4 Å². The molecule has 1 unspecified atom stereocenters. The number of ether oxygens (including phenoxy) is 2. The molecule has 2 aromatic carbocycles. The van der Waals surface area contributed by atoms with Gasteiger partial charge in [0.2, 0.25) is 15.9 Å². The SMILES string of the molecule is COc1cc(C)c(S(=O)(=O)N2CCCCC2COCC(=O)N2CCN(Cc3c(C)cc(C)cc3C)CC2)c(C)c1. The minimum Gasteiger partial charge on any atom is -0.497 e. The van der Waals surface area contributed by atoms with E-state index >= 15 is 0 Å². The second kappa shape index (κ2) is 13.0. The molecule has 2 heterocycles. The molecular formula is C31H45N3O5S. The summed E-state index contributed by atoms with van der Waals surface area (Å²) in [4.78, 5) is 17.5. The first-order chi connectivity index (χ1) is 19.0. The van der Waals surface area contributed by atoms with Gasteiger partial charge in [0, 0.05) is 45.3 Å². The lowest BCUT2D eigenvalue weighted by atomic mass is 9.99. The van der Waals surface area contributed by atoms with Gasteiger partial charge < -0.3 is 14.4 Å². The molecule has 1 amide bonds. The van der Waals surface area contributed by atoms with E-state index < -0.39 is 10.0 Å². The van der Waals surface area contributed by atoms with Crippen molar-refractivity contribution in [3.63, 3.8) is 0 Å². The summed E-state index contributed by atoms with van der Waals surface area (Å²) in [6.45, 7) is 14.6. The van der Waals surface area contributed by atoms with Crippen LogP contribution in [0.15, 0.2) is 29.2 Å². The van der Waals surface area contributed by atoms with Gasteiger partial charge in [-0.15, -0.1) is 0 Å². The van der Waals surface area contributed by atoms with E-state index in [1.807, 2.05) is 4.90 Å². The highest BCUT2D eigenvalue weighted by Gasteiger charge is 2.36. The second-order valence-corrected chi connectivity index (χ2v) is 13.2. The predicted octanol–water partition coefficient (Wildman–Crippen LogP) is 4.14. The molecule has 2 fully saturated rings. The van der Waals surface area contributed by atoms with Crippen molar-refractivity contribution in [2.45, 2.75) is 71.4 Å². The van der Waals surface area contributed by atoms with Crippen LogP contribution in [0.3, 0.4) is 0 Å². The highest BCUT2D eigenvalue weighted by Crippen LogP contribution is 2.32. The van der Waals surface area contributed by atoms with Crippen LogP contribution in [0, 0.1) is 34.6 Å². The highest BCUT2D eigenvalue weighted by atomic mass is 32.2. The van der Waals surface area contributed by atoms with Crippen molar-refractivity contribution in [1.29, 1.82) is 0 Å². The quantitative estimate of drug-likeness (QED) is 0.450. The fourth-order valence-corrected chi connectivity index (χ4v) is 8.32. The number of piperazine rings is 1. The third-order valence-electron chi connectivity index (χ3n) is 8.29. The molecule has 9 heteroatoms. The Bertz CT molecular complexity index is 1270. The van der Waals surface area contributed by atoms with Gasteiger partial charge in [-0.1, -0.05) is 24.1 Å². The van der Waals surface area contributed by atoms with Crippen LogP contribution in [0.25, 0.3) is 0 Å². The lowest BCUT2D eigenvalue weighted by Gasteiger charge is -2.36. The molecule has 2 aromatic rings. The first-order valence-corrected chi connectivity index (χ1v) is 15.8. The summed E-state index contributed by atoms with van der Waals surface area (Å²) in [5.74, 6) is 0.613. The van der Waals surface area contributed by atoms with Crippen LogP contribution < -0.4 is 4.74 Å². The Labute approximate surface area is 240 Å². The Morgan fingerprint density at radius 3 is 2.10 bits per heavy atom. The van der Waals surface area contributed by atoms with Crippen LogP contribution in [0.5, 0.6) is 5.75 Å². The van der Waals surface area contributed by atoms with Crippen LogP contribution in [-0.4, -0.2) is 87.5 Å². The number of amides is 1. The standard InChI is InChI=1S/C31H45N3O5S/c1-22-15-23(2)29(24(3)16-22)19-32-11-13-33(14-12-32)30(35)21-39-20-27-9-7-8-10-34(27)40(36,37)31-25(4)17-28(38-6)18-26(31)5/h15-18,27H,7-14,19-21H2,1-6H3. The number of nitrogens with zero attached hydrogens (tertiary/aromatic N) is 3. The number of rotatable bonds is 9. The summed E-state index contributed by atoms with van der Waals surface area (Å²) < 4.78 is 40.3. The molecule has 0 radical (unpaired) electrons. The van der Waals surface area contributed by atoms with E-state index in [0.29, 0.717) is 41.4 Å². The fraction of sp³-hybridized carbons (Fsp3) is 0.581. The van der Waals surface area contributed by atoms with Gasteiger partial charge in [0.1, 0.15) is 12.4 Å². The van der Waals surface area contributed by atoms with Crippen molar-refractivity contribution >= 4 is 15.9 Å². The van der Waals surface area contributed by atoms with Crippen LogP contribution in [0.2, 0.25) is 0 Å². The van der Waals surface area contributed by atoms with Crippen LogP contribution in [0.4, 0.5) is 0 Å². The largest absolute Gasteiger partial charge is 0.497 e. The van der Waals surface area contributed by atoms with E-state index in [-0.39, 0.29) is 25.2 Å². The maximum Gasteiger partial charge on any atom is 0.248 e. The Morgan fingerprint density at radius 2 is 1.50 bits per heavy atom. The van der Waals surface area contributed by atoms with Gasteiger partial charge in [0.25, 0.3) is 0 Å². The lowest BCUT2D eigenvalue weighted by Crippen LogP contribution is -2.50. The van der Waals surface area contributed by atoms with Crippen LogP contribution in [-0.2, 0) is 26.1 Å². The zero-order chi connectivity index (χ0) is 29.0. The Morgan fingerprint density at radius 1 is 0.875 bits per heavy atom. The summed E-state index contributed by atoms with van der Waals surface area (Å²) in [6.07, 6.45) is 2.48. The molecule has 40 heavy (non-hydrogen) atoms. The molecular weight excluding hydrogens is 526 g/mol. The molecule has 2 aliphatic rings. The molecule has 0 N–H and O–H groups in total. The molecule has 0 aliphatic carbocycles. The van der Waals surface area contributed by atoms with Crippen molar-refractivity contribution in [1.82, 2.24) is 14.1 Å². The molecule has 0 spiro atoms. The lowest BCUT2D eigenvalue weighted by molar-refractivity contribution is -0.138. The van der Waals surface area contributed by atoms with Gasteiger partial charge in [-0.25, -0.2) is 8.42 Å². The minimum atomic E-state index is -3.71. The average Bonchev–Trinajstić information content (AvgIpc) is 2.90. The maximum atomic E-state index is 13.8. The van der Waals surface area contributed by atoms with Crippen molar-refractivity contribution in [3.8, 4) is 5.75 Å². The normalized spacial score (nSPS) is 19.1. The van der Waals surface area contributed by atoms with Gasteiger partial charge in [-0.2, -0.15) is 4.31 Å². The summed E-state index contributed by atoms with van der Waals surface area (Å²) in [7, 11) is -2.13. The van der Waals surface area contributed by atoms with Crippen LogP contribution >= 0.6 is 0 Å².